The van der Waals surface area contributed by atoms with Crippen molar-refractivity contribution in [1.82, 2.24) is 10.2 Å². The van der Waals surface area contributed by atoms with Crippen LogP contribution >= 0.6 is 23.2 Å². The van der Waals surface area contributed by atoms with Gasteiger partial charge in [-0.05, 0) is 67.3 Å². The fraction of sp³-hybridized carbons (Fsp3) is 0.297. The zero-order valence-corrected chi connectivity index (χ0v) is 29.9. The van der Waals surface area contributed by atoms with E-state index in [1.807, 2.05) is 51.1 Å². The third-order valence-electron chi connectivity index (χ3n) is 7.61. The minimum Gasteiger partial charge on any atom is -0.492 e. The Bertz CT molecular complexity index is 1800. The molecule has 0 aliphatic carbocycles. The highest BCUT2D eigenvalue weighted by atomic mass is 35.5. The number of carbonyl (C=O) groups excluding carboxylic acids is 2. The molecule has 0 spiro atoms. The van der Waals surface area contributed by atoms with Crippen LogP contribution in [0, 0.1) is 12.8 Å². The molecule has 0 unspecified atom stereocenters. The molecule has 48 heavy (non-hydrogen) atoms. The molecule has 0 saturated heterocycles. The highest BCUT2D eigenvalue weighted by Crippen LogP contribution is 2.33. The first-order chi connectivity index (χ1) is 22.9. The van der Waals surface area contributed by atoms with Crippen LogP contribution in [0.4, 0.5) is 5.69 Å². The number of hydrogen-bond acceptors (Lipinski definition) is 5. The monoisotopic (exact) mass is 709 g/mol. The summed E-state index contributed by atoms with van der Waals surface area (Å²) in [6, 6.07) is 26.5. The van der Waals surface area contributed by atoms with Crippen molar-refractivity contribution in [3.05, 3.63) is 124 Å². The van der Waals surface area contributed by atoms with Crippen molar-refractivity contribution in [2.45, 2.75) is 51.6 Å². The number of benzene rings is 4. The number of carbonyl (C=O) groups is 2. The molecular weight excluding hydrogens is 669 g/mol. The third kappa shape index (κ3) is 9.52. The first-order valence-electron chi connectivity index (χ1n) is 15.8. The van der Waals surface area contributed by atoms with Gasteiger partial charge in [-0.3, -0.25) is 13.9 Å². The smallest absolute Gasteiger partial charge is 0.264 e. The van der Waals surface area contributed by atoms with Gasteiger partial charge in [0, 0.05) is 19.5 Å². The van der Waals surface area contributed by atoms with E-state index in [9.17, 15) is 18.0 Å². The Morgan fingerprint density at radius 3 is 2.17 bits per heavy atom. The van der Waals surface area contributed by atoms with Gasteiger partial charge in [0.25, 0.3) is 10.0 Å². The normalized spacial score (nSPS) is 12.0. The van der Waals surface area contributed by atoms with E-state index in [0.29, 0.717) is 27.9 Å². The maximum atomic E-state index is 14.7. The second-order valence-electron chi connectivity index (χ2n) is 11.8. The van der Waals surface area contributed by atoms with Gasteiger partial charge < -0.3 is 15.0 Å². The van der Waals surface area contributed by atoms with Gasteiger partial charge in [-0.1, -0.05) is 103 Å². The molecule has 0 aliphatic rings. The number of ether oxygens (including phenoxy) is 1. The fourth-order valence-electron chi connectivity index (χ4n) is 5.10. The summed E-state index contributed by atoms with van der Waals surface area (Å²) in [7, 11) is -4.29. The molecule has 0 heterocycles. The van der Waals surface area contributed by atoms with Crippen molar-refractivity contribution in [2.24, 2.45) is 5.92 Å². The molecule has 1 N–H and O–H groups in total. The van der Waals surface area contributed by atoms with Crippen LogP contribution in [0.3, 0.4) is 0 Å². The standard InChI is InChI=1S/C37H41Cl2N3O5S/c1-5-47-35-14-10-9-13-33(35)42(48(45,46)30-18-15-27(4)16-19-30)25-36(43)41(24-29-17-20-31(38)32(39)21-29)34(37(44)40-23-26(2)3)22-28-11-7-6-8-12-28/h6-21,26,34H,5,22-25H2,1-4H3,(H,40,44)/t34-/m1/s1. The van der Waals surface area contributed by atoms with Crippen molar-refractivity contribution >= 4 is 50.7 Å². The van der Waals surface area contributed by atoms with Gasteiger partial charge in [0.2, 0.25) is 11.8 Å². The molecule has 2 amide bonds. The van der Waals surface area contributed by atoms with Gasteiger partial charge in [0.15, 0.2) is 0 Å². The number of para-hydroxylation sites is 2. The lowest BCUT2D eigenvalue weighted by Gasteiger charge is -2.34. The average Bonchev–Trinajstić information content (AvgIpc) is 3.06. The molecule has 4 aromatic rings. The number of anilines is 1. The zero-order valence-electron chi connectivity index (χ0n) is 27.5. The zero-order chi connectivity index (χ0) is 34.8. The SMILES string of the molecule is CCOc1ccccc1N(CC(=O)N(Cc1ccc(Cl)c(Cl)c1)[C@H](Cc1ccccc1)C(=O)NCC(C)C)S(=O)(=O)c1ccc(C)cc1. The number of sulfonamides is 1. The van der Waals surface area contributed by atoms with Crippen LogP contribution in [0.2, 0.25) is 10.0 Å². The van der Waals surface area contributed by atoms with Gasteiger partial charge in [-0.25, -0.2) is 8.42 Å². The summed E-state index contributed by atoms with van der Waals surface area (Å²) in [5.41, 5.74) is 2.54. The van der Waals surface area contributed by atoms with Gasteiger partial charge in [-0.15, -0.1) is 0 Å². The lowest BCUT2D eigenvalue weighted by Crippen LogP contribution is -2.53. The fourth-order valence-corrected chi connectivity index (χ4v) is 6.85. The van der Waals surface area contributed by atoms with Crippen LogP contribution in [-0.4, -0.2) is 50.9 Å². The van der Waals surface area contributed by atoms with E-state index in [4.69, 9.17) is 27.9 Å². The molecule has 0 saturated carbocycles. The highest BCUT2D eigenvalue weighted by Gasteiger charge is 2.35. The lowest BCUT2D eigenvalue weighted by atomic mass is 10.0. The van der Waals surface area contributed by atoms with Crippen LogP contribution in [0.15, 0.2) is 102 Å². The maximum absolute atomic E-state index is 14.7. The quantitative estimate of drug-likeness (QED) is 0.140. The Kier molecular flexibility index (Phi) is 12.9. The predicted molar refractivity (Wildman–Crippen MR) is 192 cm³/mol. The number of rotatable bonds is 15. The lowest BCUT2D eigenvalue weighted by molar-refractivity contribution is -0.140. The summed E-state index contributed by atoms with van der Waals surface area (Å²) >= 11 is 12.6. The van der Waals surface area contributed by atoms with Crippen LogP contribution in [0.25, 0.3) is 0 Å². The van der Waals surface area contributed by atoms with E-state index in [1.165, 1.54) is 17.0 Å². The van der Waals surface area contributed by atoms with Gasteiger partial charge in [0.05, 0.1) is 27.2 Å². The van der Waals surface area contributed by atoms with Crippen LogP contribution in [-0.2, 0) is 32.6 Å². The van der Waals surface area contributed by atoms with E-state index >= 15 is 0 Å². The molecule has 0 aromatic heterocycles. The summed E-state index contributed by atoms with van der Waals surface area (Å²) < 4.78 is 35.6. The van der Waals surface area contributed by atoms with Crippen molar-refractivity contribution in [3.8, 4) is 5.75 Å². The Morgan fingerprint density at radius 2 is 1.52 bits per heavy atom. The first kappa shape index (κ1) is 36.8. The second kappa shape index (κ2) is 16.9. The van der Waals surface area contributed by atoms with E-state index in [1.54, 1.807) is 61.5 Å². The molecule has 11 heteroatoms. The molecule has 0 fully saturated rings. The molecule has 0 bridgehead atoms. The summed E-state index contributed by atoms with van der Waals surface area (Å²) in [6.07, 6.45) is 0.193. The molecule has 0 aliphatic heterocycles. The minimum atomic E-state index is -4.29. The van der Waals surface area contributed by atoms with Gasteiger partial charge in [-0.2, -0.15) is 0 Å². The number of aryl methyl sites for hydroxylation is 1. The van der Waals surface area contributed by atoms with Crippen molar-refractivity contribution in [1.29, 1.82) is 0 Å². The second-order valence-corrected chi connectivity index (χ2v) is 14.5. The van der Waals surface area contributed by atoms with E-state index in [2.05, 4.69) is 5.32 Å². The predicted octanol–water partition coefficient (Wildman–Crippen LogP) is 7.31. The summed E-state index contributed by atoms with van der Waals surface area (Å²) in [4.78, 5) is 30.1. The van der Waals surface area contributed by atoms with Crippen LogP contribution < -0.4 is 14.4 Å². The minimum absolute atomic E-state index is 0.0127. The van der Waals surface area contributed by atoms with E-state index < -0.39 is 28.5 Å². The van der Waals surface area contributed by atoms with E-state index in [-0.39, 0.29) is 42.0 Å². The summed E-state index contributed by atoms with van der Waals surface area (Å²) in [6.45, 7) is 7.65. The topological polar surface area (TPSA) is 96.0 Å². The molecular formula is C37H41Cl2N3O5S. The van der Waals surface area contributed by atoms with Crippen molar-refractivity contribution in [2.75, 3.05) is 24.0 Å². The number of halogens is 2. The largest absolute Gasteiger partial charge is 0.492 e. The summed E-state index contributed by atoms with van der Waals surface area (Å²) in [5.74, 6) is -0.488. The number of amides is 2. The molecule has 0 radical (unpaired) electrons. The number of hydrogen-bond donors (Lipinski definition) is 1. The molecule has 254 valence electrons. The number of nitrogens with one attached hydrogen (secondary N) is 1. The molecule has 4 aromatic carbocycles. The first-order valence-corrected chi connectivity index (χ1v) is 18.0. The average molecular weight is 711 g/mol. The maximum Gasteiger partial charge on any atom is 0.264 e. The summed E-state index contributed by atoms with van der Waals surface area (Å²) in [5, 5.41) is 3.62. The van der Waals surface area contributed by atoms with Crippen LogP contribution in [0.1, 0.15) is 37.5 Å². The van der Waals surface area contributed by atoms with Gasteiger partial charge >= 0.3 is 0 Å². The Hall–Kier alpha value is -4.05. The van der Waals surface area contributed by atoms with Crippen LogP contribution in [0.5, 0.6) is 5.75 Å². The molecule has 4 rings (SSSR count). The van der Waals surface area contributed by atoms with E-state index in [0.717, 1.165) is 15.4 Å². The van der Waals surface area contributed by atoms with Crippen molar-refractivity contribution in [3.63, 3.8) is 0 Å². The Balaban J connectivity index is 1.85. The Labute approximate surface area is 293 Å². The molecule has 8 nitrogen and oxygen atoms in total. The third-order valence-corrected chi connectivity index (χ3v) is 10.1. The molecule has 1 atom stereocenters. The highest BCUT2D eigenvalue weighted by molar-refractivity contribution is 7.92. The number of nitrogens with zero attached hydrogens (tertiary/aromatic N) is 2. The van der Waals surface area contributed by atoms with Gasteiger partial charge in [0.1, 0.15) is 18.3 Å². The Morgan fingerprint density at radius 1 is 0.854 bits per heavy atom. The van der Waals surface area contributed by atoms with Crippen molar-refractivity contribution < 1.29 is 22.7 Å².